The van der Waals surface area contributed by atoms with E-state index in [1.807, 2.05) is 18.2 Å². The lowest BCUT2D eigenvalue weighted by molar-refractivity contribution is -0.170. The van der Waals surface area contributed by atoms with Crippen LogP contribution in [-0.2, 0) is 16.9 Å². The number of nitrogens with zero attached hydrogens (tertiary/aromatic N) is 3. The molecule has 1 aliphatic carbocycles. The van der Waals surface area contributed by atoms with Gasteiger partial charge in [-0.3, -0.25) is 14.7 Å². The van der Waals surface area contributed by atoms with E-state index in [0.717, 1.165) is 43.8 Å². The number of primary amides is 1. The van der Waals surface area contributed by atoms with Gasteiger partial charge in [-0.15, -0.1) is 0 Å². The molecule has 7 heteroatoms. The van der Waals surface area contributed by atoms with E-state index in [9.17, 15) is 4.79 Å². The lowest BCUT2D eigenvalue weighted by Gasteiger charge is -2.55. The van der Waals surface area contributed by atoms with Crippen molar-refractivity contribution in [1.29, 1.82) is 0 Å². The smallest absolute Gasteiger partial charge is 0.267 e. The van der Waals surface area contributed by atoms with Crippen molar-refractivity contribution < 1.29 is 14.1 Å². The van der Waals surface area contributed by atoms with E-state index in [-0.39, 0.29) is 0 Å². The van der Waals surface area contributed by atoms with Crippen LogP contribution >= 0.6 is 0 Å². The van der Waals surface area contributed by atoms with Crippen molar-refractivity contribution >= 4 is 5.91 Å². The molecule has 2 bridgehead atoms. The first-order valence-corrected chi connectivity index (χ1v) is 9.07. The highest BCUT2D eigenvalue weighted by Gasteiger charge is 2.53. The highest BCUT2D eigenvalue weighted by atomic mass is 16.5. The maximum atomic E-state index is 11.6. The number of amides is 1. The minimum Gasteiger partial charge on any atom is -0.373 e. The van der Waals surface area contributed by atoms with Crippen LogP contribution in [0.2, 0.25) is 0 Å². The van der Waals surface area contributed by atoms with Crippen LogP contribution in [0, 0.1) is 11.8 Å². The molecule has 2 N–H and O–H groups in total. The molecule has 1 aliphatic heterocycles. The lowest BCUT2D eigenvalue weighted by Crippen LogP contribution is -2.58. The van der Waals surface area contributed by atoms with Gasteiger partial charge < -0.3 is 15.0 Å². The number of aromatic nitrogens is 2. The molecule has 7 nitrogen and oxygen atoms in total. The number of piperidine rings is 1. The first-order chi connectivity index (χ1) is 12.6. The fourth-order valence-electron chi connectivity index (χ4n) is 4.93. The van der Waals surface area contributed by atoms with Crippen LogP contribution in [0.25, 0.3) is 0 Å². The molecule has 0 spiro atoms. The second-order valence-corrected chi connectivity index (χ2v) is 7.29. The summed E-state index contributed by atoms with van der Waals surface area (Å²) in [5.74, 6) is 1.05. The number of fused-ring (bicyclic) bond motifs is 2. The molecule has 26 heavy (non-hydrogen) atoms. The summed E-state index contributed by atoms with van der Waals surface area (Å²) >= 11 is 0. The van der Waals surface area contributed by atoms with Crippen molar-refractivity contribution in [3.8, 4) is 0 Å². The summed E-state index contributed by atoms with van der Waals surface area (Å²) in [6.45, 7) is 2.59. The summed E-state index contributed by atoms with van der Waals surface area (Å²) in [7, 11) is 1.78. The van der Waals surface area contributed by atoms with Gasteiger partial charge in [0.05, 0.1) is 12.7 Å². The van der Waals surface area contributed by atoms with Gasteiger partial charge in [0.1, 0.15) is 11.3 Å². The Labute approximate surface area is 152 Å². The average molecular weight is 356 g/mol. The van der Waals surface area contributed by atoms with E-state index in [4.69, 9.17) is 15.0 Å². The monoisotopic (exact) mass is 356 g/mol. The highest BCUT2D eigenvalue weighted by molar-refractivity contribution is 5.90. The number of nitrogens with two attached hydrogens (primary N) is 1. The zero-order valence-electron chi connectivity index (χ0n) is 14.9. The number of ether oxygens (including phenoxy) is 1. The number of hydrogen-bond donors (Lipinski definition) is 1. The Morgan fingerprint density at radius 1 is 1.35 bits per heavy atom. The minimum atomic E-state index is -0.508. The summed E-state index contributed by atoms with van der Waals surface area (Å²) < 4.78 is 11.5. The SMILES string of the molecule is COC1(c2ccnc(C(N)=O)c2)C2CCCC1CN(Cc1ccno1)C2. The summed E-state index contributed by atoms with van der Waals surface area (Å²) in [4.78, 5) is 18.1. The molecule has 2 fully saturated rings. The standard InChI is InChI=1S/C19H24N4O3/c1-25-19(13-5-7-21-17(9-13)18(20)24)14-3-2-4-15(19)11-23(10-14)12-16-6-8-22-26-16/h5-9,14-15H,2-4,10-12H2,1H3,(H2,20,24). The van der Waals surface area contributed by atoms with Crippen LogP contribution in [0.3, 0.4) is 0 Å². The Balaban J connectivity index is 1.66. The van der Waals surface area contributed by atoms with E-state index in [2.05, 4.69) is 15.0 Å². The van der Waals surface area contributed by atoms with Crippen molar-refractivity contribution in [3.63, 3.8) is 0 Å². The van der Waals surface area contributed by atoms with Gasteiger partial charge in [0.25, 0.3) is 5.91 Å². The molecule has 2 atom stereocenters. The molecule has 4 rings (SSSR count). The largest absolute Gasteiger partial charge is 0.373 e. The van der Waals surface area contributed by atoms with Gasteiger partial charge in [-0.05, 0) is 30.5 Å². The minimum absolute atomic E-state index is 0.293. The predicted molar refractivity (Wildman–Crippen MR) is 94.1 cm³/mol. The van der Waals surface area contributed by atoms with Crippen LogP contribution in [0.5, 0.6) is 0 Å². The number of pyridine rings is 1. The van der Waals surface area contributed by atoms with Gasteiger partial charge in [-0.1, -0.05) is 11.6 Å². The zero-order valence-corrected chi connectivity index (χ0v) is 14.9. The molecule has 2 unspecified atom stereocenters. The van der Waals surface area contributed by atoms with E-state index in [1.165, 1.54) is 6.42 Å². The molecule has 2 aromatic rings. The number of hydrogen-bond acceptors (Lipinski definition) is 6. The van der Waals surface area contributed by atoms with Gasteiger partial charge in [0, 0.05) is 44.3 Å². The van der Waals surface area contributed by atoms with Crippen LogP contribution in [0.4, 0.5) is 0 Å². The van der Waals surface area contributed by atoms with Crippen LogP contribution in [0.1, 0.15) is 41.1 Å². The van der Waals surface area contributed by atoms with E-state index < -0.39 is 11.5 Å². The third-order valence-electron chi connectivity index (χ3n) is 5.95. The van der Waals surface area contributed by atoms with E-state index in [0.29, 0.717) is 17.5 Å². The van der Waals surface area contributed by atoms with Crippen molar-refractivity contribution in [1.82, 2.24) is 15.0 Å². The topological polar surface area (TPSA) is 94.5 Å². The van der Waals surface area contributed by atoms with E-state index >= 15 is 0 Å². The fraction of sp³-hybridized carbons (Fsp3) is 0.526. The molecule has 3 heterocycles. The molecule has 0 radical (unpaired) electrons. The third kappa shape index (κ3) is 2.81. The molecule has 138 valence electrons. The summed E-state index contributed by atoms with van der Waals surface area (Å²) in [6.07, 6.45) is 6.72. The van der Waals surface area contributed by atoms with Crippen LogP contribution in [-0.4, -0.2) is 41.1 Å². The first kappa shape index (κ1) is 17.2. The first-order valence-electron chi connectivity index (χ1n) is 9.07. The summed E-state index contributed by atoms with van der Waals surface area (Å²) in [5.41, 5.74) is 6.35. The molecule has 0 aromatic carbocycles. The Bertz CT molecular complexity index is 763. The second kappa shape index (κ2) is 6.81. The number of carbonyl (C=O) groups excluding carboxylic acids is 1. The summed E-state index contributed by atoms with van der Waals surface area (Å²) in [6, 6.07) is 5.69. The maximum Gasteiger partial charge on any atom is 0.267 e. The molecular weight excluding hydrogens is 332 g/mol. The highest BCUT2D eigenvalue weighted by Crippen LogP contribution is 2.51. The molecule has 2 aromatic heterocycles. The quantitative estimate of drug-likeness (QED) is 0.880. The predicted octanol–water partition coefficient (Wildman–Crippen LogP) is 1.94. The molecule has 1 amide bonds. The van der Waals surface area contributed by atoms with Gasteiger partial charge in [-0.25, -0.2) is 0 Å². The van der Waals surface area contributed by atoms with Gasteiger partial charge in [-0.2, -0.15) is 0 Å². The van der Waals surface area contributed by atoms with Gasteiger partial charge in [0.15, 0.2) is 5.76 Å². The number of carbonyl (C=O) groups is 1. The van der Waals surface area contributed by atoms with Crippen LogP contribution in [0.15, 0.2) is 35.1 Å². The Morgan fingerprint density at radius 2 is 2.12 bits per heavy atom. The Hall–Kier alpha value is -2.25. The van der Waals surface area contributed by atoms with Crippen molar-refractivity contribution in [3.05, 3.63) is 47.6 Å². The summed E-state index contributed by atoms with van der Waals surface area (Å²) in [5, 5.41) is 3.80. The second-order valence-electron chi connectivity index (χ2n) is 7.29. The average Bonchev–Trinajstić information content (AvgIpc) is 3.14. The molecule has 2 aliphatic rings. The van der Waals surface area contributed by atoms with Gasteiger partial charge >= 0.3 is 0 Å². The van der Waals surface area contributed by atoms with Gasteiger partial charge in [0.2, 0.25) is 0 Å². The number of likely N-dealkylation sites (tertiary alicyclic amines) is 1. The number of rotatable bonds is 5. The normalized spacial score (nSPS) is 28.8. The van der Waals surface area contributed by atoms with Crippen molar-refractivity contribution in [2.24, 2.45) is 17.6 Å². The fourth-order valence-corrected chi connectivity index (χ4v) is 4.93. The van der Waals surface area contributed by atoms with Crippen molar-refractivity contribution in [2.45, 2.75) is 31.4 Å². The Morgan fingerprint density at radius 3 is 2.73 bits per heavy atom. The van der Waals surface area contributed by atoms with E-state index in [1.54, 1.807) is 19.5 Å². The molecule has 1 saturated heterocycles. The number of methoxy groups -OCH3 is 1. The zero-order chi connectivity index (χ0) is 18.1. The van der Waals surface area contributed by atoms with Crippen molar-refractivity contribution in [2.75, 3.05) is 20.2 Å². The third-order valence-corrected chi connectivity index (χ3v) is 5.95. The molecular formula is C19H24N4O3. The maximum absolute atomic E-state index is 11.6. The lowest BCUT2D eigenvalue weighted by atomic mass is 9.62. The Kier molecular flexibility index (Phi) is 4.50. The molecule has 1 saturated carbocycles. The van der Waals surface area contributed by atoms with Crippen LogP contribution < -0.4 is 5.73 Å².